The fraction of sp³-hybridized carbons (Fsp3) is 0.632. The third-order valence-corrected chi connectivity index (χ3v) is 5.21. The number of hydrogen-bond donors (Lipinski definition) is 1. The van der Waals surface area contributed by atoms with E-state index in [1.54, 1.807) is 12.0 Å². The maximum atomic E-state index is 12.4. The first-order valence-electron chi connectivity index (χ1n) is 8.91. The molecular weight excluding hydrogens is 304 g/mol. The molecule has 2 aliphatic heterocycles. The number of ether oxygens (including phenoxy) is 2. The van der Waals surface area contributed by atoms with Crippen molar-refractivity contribution in [3.05, 3.63) is 24.3 Å². The topological polar surface area (TPSA) is 50.8 Å². The van der Waals surface area contributed by atoms with Crippen molar-refractivity contribution in [1.82, 2.24) is 10.2 Å². The van der Waals surface area contributed by atoms with Crippen LogP contribution in [0.2, 0.25) is 0 Å². The summed E-state index contributed by atoms with van der Waals surface area (Å²) >= 11 is 0. The lowest BCUT2D eigenvalue weighted by Crippen LogP contribution is -2.40. The zero-order chi connectivity index (χ0) is 16.9. The number of hydrogen-bond acceptors (Lipinski definition) is 4. The van der Waals surface area contributed by atoms with Crippen molar-refractivity contribution < 1.29 is 14.3 Å². The Bertz CT molecular complexity index is 534. The Hall–Kier alpha value is -1.75. The number of piperidine rings is 1. The molecule has 1 N–H and O–H groups in total. The van der Waals surface area contributed by atoms with Crippen molar-refractivity contribution in [1.29, 1.82) is 0 Å². The van der Waals surface area contributed by atoms with Crippen LogP contribution in [-0.2, 0) is 4.79 Å². The molecule has 0 spiro atoms. The molecule has 24 heavy (non-hydrogen) atoms. The monoisotopic (exact) mass is 332 g/mol. The number of amides is 1. The Morgan fingerprint density at radius 2 is 1.79 bits per heavy atom. The predicted octanol–water partition coefficient (Wildman–Crippen LogP) is 2.45. The molecule has 2 atom stereocenters. The minimum atomic E-state index is 0.236. The molecule has 0 radical (unpaired) electrons. The van der Waals surface area contributed by atoms with Gasteiger partial charge in [-0.3, -0.25) is 4.79 Å². The normalized spacial score (nSPS) is 25.3. The Morgan fingerprint density at radius 3 is 2.42 bits per heavy atom. The molecule has 2 bridgehead atoms. The van der Waals surface area contributed by atoms with Crippen LogP contribution in [0.1, 0.15) is 32.1 Å². The SMILES string of the molecule is COc1ccc(OCCN(C)C(=O)CC2CC3CCC(C2)N3)cc1. The van der Waals surface area contributed by atoms with Gasteiger partial charge in [0.2, 0.25) is 5.91 Å². The smallest absolute Gasteiger partial charge is 0.222 e. The van der Waals surface area contributed by atoms with Crippen molar-refractivity contribution in [2.24, 2.45) is 5.92 Å². The van der Waals surface area contributed by atoms with Crippen LogP contribution >= 0.6 is 0 Å². The zero-order valence-corrected chi connectivity index (χ0v) is 14.7. The molecule has 0 saturated carbocycles. The summed E-state index contributed by atoms with van der Waals surface area (Å²) in [6.45, 7) is 1.12. The van der Waals surface area contributed by atoms with E-state index < -0.39 is 0 Å². The highest BCUT2D eigenvalue weighted by Crippen LogP contribution is 2.32. The molecule has 5 nitrogen and oxygen atoms in total. The number of nitrogens with one attached hydrogen (secondary N) is 1. The van der Waals surface area contributed by atoms with Gasteiger partial charge in [0.1, 0.15) is 18.1 Å². The number of rotatable bonds is 7. The first kappa shape index (κ1) is 17.1. The minimum Gasteiger partial charge on any atom is -0.497 e. The molecule has 5 heteroatoms. The van der Waals surface area contributed by atoms with Gasteiger partial charge in [-0.2, -0.15) is 0 Å². The molecule has 0 aromatic heterocycles. The highest BCUT2D eigenvalue weighted by atomic mass is 16.5. The summed E-state index contributed by atoms with van der Waals surface area (Å²) in [7, 11) is 3.51. The number of carbonyl (C=O) groups is 1. The summed E-state index contributed by atoms with van der Waals surface area (Å²) in [5.74, 6) is 2.39. The highest BCUT2D eigenvalue weighted by Gasteiger charge is 2.34. The first-order valence-corrected chi connectivity index (χ1v) is 8.91. The summed E-state index contributed by atoms with van der Waals surface area (Å²) < 4.78 is 10.8. The summed E-state index contributed by atoms with van der Waals surface area (Å²) in [4.78, 5) is 14.2. The molecule has 0 aliphatic carbocycles. The Morgan fingerprint density at radius 1 is 1.17 bits per heavy atom. The Balaban J connectivity index is 1.38. The van der Waals surface area contributed by atoms with Gasteiger partial charge in [-0.25, -0.2) is 0 Å². The molecule has 1 aromatic carbocycles. The number of nitrogens with zero attached hydrogens (tertiary/aromatic N) is 1. The van der Waals surface area contributed by atoms with E-state index in [0.717, 1.165) is 24.3 Å². The van der Waals surface area contributed by atoms with E-state index in [1.807, 2.05) is 31.3 Å². The quantitative estimate of drug-likeness (QED) is 0.833. The maximum absolute atomic E-state index is 12.4. The van der Waals surface area contributed by atoms with Crippen LogP contribution in [0, 0.1) is 5.92 Å². The fourth-order valence-corrected chi connectivity index (χ4v) is 3.84. The van der Waals surface area contributed by atoms with Crippen LogP contribution in [0.15, 0.2) is 24.3 Å². The molecule has 2 heterocycles. The van der Waals surface area contributed by atoms with Crippen LogP contribution in [0.25, 0.3) is 0 Å². The molecule has 1 amide bonds. The van der Waals surface area contributed by atoms with E-state index in [4.69, 9.17) is 9.47 Å². The summed E-state index contributed by atoms with van der Waals surface area (Å²) in [6.07, 6.45) is 5.53. The van der Waals surface area contributed by atoms with Gasteiger partial charge in [-0.1, -0.05) is 0 Å². The predicted molar refractivity (Wildman–Crippen MR) is 93.4 cm³/mol. The Kier molecular flexibility index (Phi) is 5.61. The van der Waals surface area contributed by atoms with Crippen LogP contribution in [0.4, 0.5) is 0 Å². The number of benzene rings is 1. The van der Waals surface area contributed by atoms with Gasteiger partial charge in [-0.05, 0) is 55.9 Å². The van der Waals surface area contributed by atoms with Gasteiger partial charge in [-0.15, -0.1) is 0 Å². The second kappa shape index (κ2) is 7.88. The lowest BCUT2D eigenvalue weighted by molar-refractivity contribution is -0.131. The lowest BCUT2D eigenvalue weighted by Gasteiger charge is -2.30. The van der Waals surface area contributed by atoms with Gasteiger partial charge in [0.05, 0.1) is 13.7 Å². The molecule has 2 fully saturated rings. The van der Waals surface area contributed by atoms with E-state index in [9.17, 15) is 4.79 Å². The molecular formula is C19H28N2O3. The van der Waals surface area contributed by atoms with E-state index >= 15 is 0 Å². The van der Waals surface area contributed by atoms with Crippen molar-refractivity contribution >= 4 is 5.91 Å². The summed E-state index contributed by atoms with van der Waals surface area (Å²) in [5.41, 5.74) is 0. The number of methoxy groups -OCH3 is 1. The largest absolute Gasteiger partial charge is 0.497 e. The Labute approximate surface area is 144 Å². The molecule has 2 unspecified atom stereocenters. The second-order valence-corrected chi connectivity index (χ2v) is 7.02. The van der Waals surface area contributed by atoms with Crippen LogP contribution < -0.4 is 14.8 Å². The third-order valence-electron chi connectivity index (χ3n) is 5.21. The van der Waals surface area contributed by atoms with Crippen molar-refractivity contribution in [3.63, 3.8) is 0 Å². The van der Waals surface area contributed by atoms with Gasteiger partial charge in [0.25, 0.3) is 0 Å². The highest BCUT2D eigenvalue weighted by molar-refractivity contribution is 5.76. The van der Waals surface area contributed by atoms with E-state index in [2.05, 4.69) is 5.32 Å². The van der Waals surface area contributed by atoms with Gasteiger partial charge in [0.15, 0.2) is 0 Å². The lowest BCUT2D eigenvalue weighted by atomic mass is 9.89. The summed E-state index contributed by atoms with van der Waals surface area (Å²) in [5, 5.41) is 3.63. The zero-order valence-electron chi connectivity index (χ0n) is 14.7. The molecule has 2 saturated heterocycles. The minimum absolute atomic E-state index is 0.236. The van der Waals surface area contributed by atoms with Crippen molar-refractivity contribution in [2.45, 2.75) is 44.2 Å². The number of fused-ring (bicyclic) bond motifs is 2. The second-order valence-electron chi connectivity index (χ2n) is 7.02. The van der Waals surface area contributed by atoms with Crippen LogP contribution in [0.3, 0.4) is 0 Å². The maximum Gasteiger partial charge on any atom is 0.222 e. The van der Waals surface area contributed by atoms with E-state index in [1.165, 1.54) is 12.8 Å². The van der Waals surface area contributed by atoms with Crippen molar-refractivity contribution in [2.75, 3.05) is 27.3 Å². The van der Waals surface area contributed by atoms with E-state index in [-0.39, 0.29) is 5.91 Å². The molecule has 2 aliphatic rings. The van der Waals surface area contributed by atoms with Gasteiger partial charge in [0, 0.05) is 25.6 Å². The van der Waals surface area contributed by atoms with Gasteiger partial charge >= 0.3 is 0 Å². The standard InChI is InChI=1S/C19H28N2O3/c1-21(9-10-24-18-7-5-17(23-2)6-8-18)19(22)13-14-11-15-3-4-16(12-14)20-15/h5-8,14-16,20H,3-4,9-13H2,1-2H3. The molecule has 3 rings (SSSR count). The van der Waals surface area contributed by atoms with Crippen molar-refractivity contribution in [3.8, 4) is 11.5 Å². The third kappa shape index (κ3) is 4.41. The summed E-state index contributed by atoms with van der Waals surface area (Å²) in [6, 6.07) is 8.79. The van der Waals surface area contributed by atoms with Gasteiger partial charge < -0.3 is 19.7 Å². The fourth-order valence-electron chi connectivity index (χ4n) is 3.84. The first-order chi connectivity index (χ1) is 11.6. The number of carbonyl (C=O) groups excluding carboxylic acids is 1. The number of likely N-dealkylation sites (N-methyl/N-ethyl adjacent to an activating group) is 1. The molecule has 132 valence electrons. The average molecular weight is 332 g/mol. The molecule has 1 aromatic rings. The van der Waals surface area contributed by atoms with Crippen LogP contribution in [-0.4, -0.2) is 50.2 Å². The van der Waals surface area contributed by atoms with Crippen LogP contribution in [0.5, 0.6) is 11.5 Å². The van der Waals surface area contributed by atoms with E-state index in [0.29, 0.717) is 37.6 Å². The average Bonchev–Trinajstić information content (AvgIpc) is 2.94.